The summed E-state index contributed by atoms with van der Waals surface area (Å²) in [5.74, 6) is 1.52. The molecule has 0 atom stereocenters. The Hall–Kier alpha value is -1.55. The number of fused-ring (bicyclic) bond motifs is 1. The number of aliphatic hydroxyl groups excluding tert-OH is 1. The van der Waals surface area contributed by atoms with Gasteiger partial charge in [0.1, 0.15) is 0 Å². The topological polar surface area (TPSA) is 50.1 Å². The SMILES string of the molecule is CC(C)CCn1c(NCCO)nc2ccccc21. The molecule has 0 aliphatic carbocycles. The molecule has 2 rings (SSSR count). The minimum absolute atomic E-state index is 0.118. The number of anilines is 1. The molecule has 2 aromatic rings. The standard InChI is InChI=1S/C14H21N3O/c1-11(2)7-9-17-13-6-4-3-5-12(13)16-14(17)15-8-10-18/h3-6,11,18H,7-10H2,1-2H3,(H,15,16). The van der Waals surface area contributed by atoms with Gasteiger partial charge in [-0.1, -0.05) is 26.0 Å². The molecular formula is C14H21N3O. The lowest BCUT2D eigenvalue weighted by atomic mass is 10.1. The van der Waals surface area contributed by atoms with Gasteiger partial charge in [0, 0.05) is 13.1 Å². The van der Waals surface area contributed by atoms with Gasteiger partial charge in [-0.25, -0.2) is 4.98 Å². The summed E-state index contributed by atoms with van der Waals surface area (Å²) in [4.78, 5) is 4.57. The molecule has 0 unspecified atom stereocenters. The minimum atomic E-state index is 0.118. The number of aromatic nitrogens is 2. The third-order valence-electron chi connectivity index (χ3n) is 2.98. The van der Waals surface area contributed by atoms with Crippen LogP contribution in [0.3, 0.4) is 0 Å². The van der Waals surface area contributed by atoms with Crippen LogP contribution in [0.25, 0.3) is 11.0 Å². The van der Waals surface area contributed by atoms with E-state index in [-0.39, 0.29) is 6.61 Å². The van der Waals surface area contributed by atoms with Crippen LogP contribution in [0.15, 0.2) is 24.3 Å². The van der Waals surface area contributed by atoms with E-state index in [0.29, 0.717) is 12.5 Å². The average Bonchev–Trinajstić information content (AvgIpc) is 2.71. The van der Waals surface area contributed by atoms with Crippen LogP contribution in [0.1, 0.15) is 20.3 Å². The number of imidazole rings is 1. The van der Waals surface area contributed by atoms with Crippen LogP contribution in [0, 0.1) is 5.92 Å². The van der Waals surface area contributed by atoms with Gasteiger partial charge in [0.05, 0.1) is 17.6 Å². The number of nitrogens with one attached hydrogen (secondary N) is 1. The number of benzene rings is 1. The Morgan fingerprint density at radius 1 is 1.33 bits per heavy atom. The van der Waals surface area contributed by atoms with Gasteiger partial charge in [-0.05, 0) is 24.5 Å². The van der Waals surface area contributed by atoms with Crippen molar-refractivity contribution in [2.45, 2.75) is 26.8 Å². The molecule has 1 aromatic heterocycles. The van der Waals surface area contributed by atoms with Crippen LogP contribution in [0.5, 0.6) is 0 Å². The number of nitrogens with zero attached hydrogens (tertiary/aromatic N) is 2. The molecule has 0 aliphatic rings. The molecule has 18 heavy (non-hydrogen) atoms. The highest BCUT2D eigenvalue weighted by Crippen LogP contribution is 2.20. The predicted molar refractivity (Wildman–Crippen MR) is 74.8 cm³/mol. The third-order valence-corrected chi connectivity index (χ3v) is 2.98. The Morgan fingerprint density at radius 3 is 2.83 bits per heavy atom. The van der Waals surface area contributed by atoms with E-state index < -0.39 is 0 Å². The van der Waals surface area contributed by atoms with Gasteiger partial charge in [-0.15, -0.1) is 0 Å². The summed E-state index contributed by atoms with van der Waals surface area (Å²) in [6.45, 7) is 6.05. The van der Waals surface area contributed by atoms with E-state index in [1.165, 1.54) is 0 Å². The third kappa shape index (κ3) is 2.82. The van der Waals surface area contributed by atoms with Crippen molar-refractivity contribution in [3.8, 4) is 0 Å². The summed E-state index contributed by atoms with van der Waals surface area (Å²) in [7, 11) is 0. The van der Waals surface area contributed by atoms with E-state index in [4.69, 9.17) is 5.11 Å². The van der Waals surface area contributed by atoms with Crippen molar-refractivity contribution in [1.82, 2.24) is 9.55 Å². The van der Waals surface area contributed by atoms with Crippen LogP contribution in [0.4, 0.5) is 5.95 Å². The average molecular weight is 247 g/mol. The maximum absolute atomic E-state index is 8.91. The Kier molecular flexibility index (Phi) is 4.20. The van der Waals surface area contributed by atoms with E-state index >= 15 is 0 Å². The van der Waals surface area contributed by atoms with Gasteiger partial charge in [-0.3, -0.25) is 0 Å². The fourth-order valence-corrected chi connectivity index (χ4v) is 1.99. The first kappa shape index (κ1) is 12.9. The minimum Gasteiger partial charge on any atom is -0.395 e. The molecule has 0 amide bonds. The van der Waals surface area contributed by atoms with Gasteiger partial charge in [0.15, 0.2) is 0 Å². The normalized spacial score (nSPS) is 11.3. The molecule has 0 spiro atoms. The Morgan fingerprint density at radius 2 is 2.11 bits per heavy atom. The molecule has 4 heteroatoms. The highest BCUT2D eigenvalue weighted by atomic mass is 16.3. The molecule has 1 heterocycles. The van der Waals surface area contributed by atoms with Crippen LogP contribution in [-0.4, -0.2) is 27.8 Å². The number of aryl methyl sites for hydroxylation is 1. The van der Waals surface area contributed by atoms with Crippen LogP contribution in [-0.2, 0) is 6.54 Å². The zero-order valence-electron chi connectivity index (χ0n) is 11.1. The first-order chi connectivity index (χ1) is 8.72. The lowest BCUT2D eigenvalue weighted by molar-refractivity contribution is 0.310. The zero-order chi connectivity index (χ0) is 13.0. The fraction of sp³-hybridized carbons (Fsp3) is 0.500. The molecule has 0 bridgehead atoms. The number of aliphatic hydroxyl groups is 1. The van der Waals surface area contributed by atoms with Crippen molar-refractivity contribution >= 4 is 17.0 Å². The second kappa shape index (κ2) is 5.87. The van der Waals surface area contributed by atoms with E-state index in [2.05, 4.69) is 34.8 Å². The number of hydrogen-bond donors (Lipinski definition) is 2. The summed E-state index contributed by atoms with van der Waals surface area (Å²) < 4.78 is 2.20. The fourth-order valence-electron chi connectivity index (χ4n) is 1.99. The van der Waals surface area contributed by atoms with Crippen molar-refractivity contribution in [3.63, 3.8) is 0 Å². The lowest BCUT2D eigenvalue weighted by Crippen LogP contribution is -2.12. The largest absolute Gasteiger partial charge is 0.395 e. The smallest absolute Gasteiger partial charge is 0.203 e. The quantitative estimate of drug-likeness (QED) is 0.824. The molecular weight excluding hydrogens is 226 g/mol. The molecule has 0 radical (unpaired) electrons. The van der Waals surface area contributed by atoms with E-state index in [0.717, 1.165) is 29.9 Å². The van der Waals surface area contributed by atoms with Crippen molar-refractivity contribution in [3.05, 3.63) is 24.3 Å². The predicted octanol–water partition coefficient (Wildman–Crippen LogP) is 2.49. The maximum atomic E-state index is 8.91. The molecule has 0 saturated heterocycles. The second-order valence-electron chi connectivity index (χ2n) is 4.91. The molecule has 4 nitrogen and oxygen atoms in total. The first-order valence-electron chi connectivity index (χ1n) is 6.52. The molecule has 2 N–H and O–H groups in total. The highest BCUT2D eigenvalue weighted by Gasteiger charge is 2.09. The summed E-state index contributed by atoms with van der Waals surface area (Å²) >= 11 is 0. The summed E-state index contributed by atoms with van der Waals surface area (Å²) in [5.41, 5.74) is 2.15. The van der Waals surface area contributed by atoms with Gasteiger partial charge in [0.25, 0.3) is 0 Å². The molecule has 1 aromatic carbocycles. The van der Waals surface area contributed by atoms with Crippen molar-refractivity contribution in [2.24, 2.45) is 5.92 Å². The van der Waals surface area contributed by atoms with E-state index in [1.54, 1.807) is 0 Å². The van der Waals surface area contributed by atoms with E-state index in [1.807, 2.05) is 18.2 Å². The van der Waals surface area contributed by atoms with Gasteiger partial charge in [-0.2, -0.15) is 0 Å². The monoisotopic (exact) mass is 247 g/mol. The number of para-hydroxylation sites is 2. The molecule has 0 saturated carbocycles. The molecule has 0 fully saturated rings. The Labute approximate surface area is 108 Å². The second-order valence-corrected chi connectivity index (χ2v) is 4.91. The Balaban J connectivity index is 2.31. The first-order valence-corrected chi connectivity index (χ1v) is 6.52. The molecule has 98 valence electrons. The number of rotatable bonds is 6. The van der Waals surface area contributed by atoms with Crippen LogP contribution >= 0.6 is 0 Å². The maximum Gasteiger partial charge on any atom is 0.203 e. The van der Waals surface area contributed by atoms with E-state index in [9.17, 15) is 0 Å². The van der Waals surface area contributed by atoms with Gasteiger partial charge >= 0.3 is 0 Å². The number of hydrogen-bond acceptors (Lipinski definition) is 3. The highest BCUT2D eigenvalue weighted by molar-refractivity contribution is 5.78. The van der Waals surface area contributed by atoms with Gasteiger partial charge in [0.2, 0.25) is 5.95 Å². The van der Waals surface area contributed by atoms with Crippen molar-refractivity contribution in [2.75, 3.05) is 18.5 Å². The Bertz CT molecular complexity index is 505. The zero-order valence-corrected chi connectivity index (χ0v) is 11.1. The van der Waals surface area contributed by atoms with Crippen molar-refractivity contribution < 1.29 is 5.11 Å². The summed E-state index contributed by atoms with van der Waals surface area (Å²) in [5, 5.41) is 12.1. The summed E-state index contributed by atoms with van der Waals surface area (Å²) in [6.07, 6.45) is 1.12. The van der Waals surface area contributed by atoms with Gasteiger partial charge < -0.3 is 15.0 Å². The summed E-state index contributed by atoms with van der Waals surface area (Å²) in [6, 6.07) is 8.14. The molecule has 0 aliphatic heterocycles. The van der Waals surface area contributed by atoms with Crippen molar-refractivity contribution in [1.29, 1.82) is 0 Å². The van der Waals surface area contributed by atoms with Crippen LogP contribution < -0.4 is 5.32 Å². The van der Waals surface area contributed by atoms with Crippen LogP contribution in [0.2, 0.25) is 0 Å². The lowest BCUT2D eigenvalue weighted by Gasteiger charge is -2.11.